The smallest absolute Gasteiger partial charge is 0.270 e. The summed E-state index contributed by atoms with van der Waals surface area (Å²) in [6.45, 7) is 0. The van der Waals surface area contributed by atoms with Gasteiger partial charge in [-0.3, -0.25) is 19.8 Å². The number of non-ortho nitro benzene ring substituents is 1. The minimum Gasteiger partial charge on any atom is -0.495 e. The van der Waals surface area contributed by atoms with Crippen molar-refractivity contribution in [3.63, 3.8) is 0 Å². The maximum Gasteiger partial charge on any atom is 0.270 e. The number of methoxy groups -OCH3 is 1. The first-order chi connectivity index (χ1) is 12.4. The number of ether oxygens (including phenoxy) is 1. The summed E-state index contributed by atoms with van der Waals surface area (Å²) in [7, 11) is 1.51. The Morgan fingerprint density at radius 3 is 2.54 bits per heavy atom. The molecule has 1 aliphatic heterocycles. The standard InChI is InChI=1S/C17H11ClN2O4S2/c1-24-14-7-6-12(9-13(14)18)19-16(21)15(26-17(19)25)8-10-2-4-11(5-3-10)20(22)23/h2-9H,1H3/b15-8+. The summed E-state index contributed by atoms with van der Waals surface area (Å²) in [5.74, 6) is 0.224. The van der Waals surface area contributed by atoms with Gasteiger partial charge in [0.25, 0.3) is 11.6 Å². The Bertz CT molecular complexity index is 944. The number of hydrogen-bond acceptors (Lipinski definition) is 6. The summed E-state index contributed by atoms with van der Waals surface area (Å²) in [5, 5.41) is 11.1. The zero-order valence-corrected chi connectivity index (χ0v) is 15.7. The fraction of sp³-hybridized carbons (Fsp3) is 0.0588. The van der Waals surface area contributed by atoms with Gasteiger partial charge in [-0.2, -0.15) is 0 Å². The average molecular weight is 407 g/mol. The van der Waals surface area contributed by atoms with Crippen LogP contribution in [0.3, 0.4) is 0 Å². The number of hydrogen-bond donors (Lipinski definition) is 0. The number of thiocarbonyl (C=S) groups is 1. The molecule has 1 fully saturated rings. The molecule has 2 aromatic carbocycles. The van der Waals surface area contributed by atoms with Crippen molar-refractivity contribution in [2.75, 3.05) is 12.0 Å². The third kappa shape index (κ3) is 3.57. The second-order valence-corrected chi connectivity index (χ2v) is 7.27. The number of rotatable bonds is 4. The van der Waals surface area contributed by atoms with E-state index in [1.165, 1.54) is 24.1 Å². The van der Waals surface area contributed by atoms with E-state index in [0.29, 0.717) is 31.2 Å². The highest BCUT2D eigenvalue weighted by Gasteiger charge is 2.33. The van der Waals surface area contributed by atoms with Crippen molar-refractivity contribution in [3.05, 3.63) is 68.1 Å². The van der Waals surface area contributed by atoms with E-state index in [-0.39, 0.29) is 11.6 Å². The van der Waals surface area contributed by atoms with Crippen LogP contribution in [-0.2, 0) is 4.79 Å². The van der Waals surface area contributed by atoms with Crippen LogP contribution in [0.25, 0.3) is 6.08 Å². The molecule has 132 valence electrons. The normalized spacial score (nSPS) is 15.6. The van der Waals surface area contributed by atoms with Gasteiger partial charge in [-0.25, -0.2) is 0 Å². The van der Waals surface area contributed by atoms with E-state index in [1.807, 2.05) is 0 Å². The molecule has 1 heterocycles. The summed E-state index contributed by atoms with van der Waals surface area (Å²) >= 11 is 12.6. The number of carbonyl (C=O) groups is 1. The van der Waals surface area contributed by atoms with E-state index in [9.17, 15) is 14.9 Å². The van der Waals surface area contributed by atoms with Crippen LogP contribution in [0.1, 0.15) is 5.56 Å². The van der Waals surface area contributed by atoms with Gasteiger partial charge < -0.3 is 4.74 Å². The second kappa shape index (κ2) is 7.45. The molecule has 6 nitrogen and oxygen atoms in total. The summed E-state index contributed by atoms with van der Waals surface area (Å²) in [6.07, 6.45) is 1.65. The molecule has 1 amide bonds. The van der Waals surface area contributed by atoms with Crippen molar-refractivity contribution < 1.29 is 14.5 Å². The summed E-state index contributed by atoms with van der Waals surface area (Å²) in [6, 6.07) is 10.9. The van der Waals surface area contributed by atoms with E-state index in [0.717, 1.165) is 11.8 Å². The first-order valence-electron chi connectivity index (χ1n) is 7.26. The highest BCUT2D eigenvalue weighted by Crippen LogP contribution is 2.38. The zero-order chi connectivity index (χ0) is 18.8. The second-order valence-electron chi connectivity index (χ2n) is 5.18. The molecule has 1 aliphatic rings. The topological polar surface area (TPSA) is 72.7 Å². The van der Waals surface area contributed by atoms with Gasteiger partial charge in [-0.05, 0) is 42.0 Å². The van der Waals surface area contributed by atoms with Gasteiger partial charge in [0.15, 0.2) is 4.32 Å². The van der Waals surface area contributed by atoms with Crippen molar-refractivity contribution in [3.8, 4) is 5.75 Å². The Labute approximate surface area is 163 Å². The summed E-state index contributed by atoms with van der Waals surface area (Å²) in [5.41, 5.74) is 1.21. The molecule has 0 saturated carbocycles. The number of benzene rings is 2. The molecule has 0 N–H and O–H groups in total. The van der Waals surface area contributed by atoms with Crippen LogP contribution < -0.4 is 9.64 Å². The Hall–Kier alpha value is -2.42. The average Bonchev–Trinajstić information content (AvgIpc) is 2.89. The van der Waals surface area contributed by atoms with Crippen LogP contribution >= 0.6 is 35.6 Å². The number of amides is 1. The molecule has 0 aliphatic carbocycles. The third-order valence-corrected chi connectivity index (χ3v) is 5.19. The van der Waals surface area contributed by atoms with E-state index >= 15 is 0 Å². The molecular formula is C17H11ClN2O4S2. The van der Waals surface area contributed by atoms with Crippen molar-refractivity contribution >= 4 is 63.3 Å². The minimum atomic E-state index is -0.476. The molecule has 0 radical (unpaired) electrons. The predicted molar refractivity (Wildman–Crippen MR) is 107 cm³/mol. The number of nitrogens with zero attached hydrogens (tertiary/aromatic N) is 2. The Morgan fingerprint density at radius 2 is 1.96 bits per heavy atom. The fourth-order valence-corrected chi connectivity index (χ4v) is 3.88. The minimum absolute atomic E-state index is 0.0115. The Kier molecular flexibility index (Phi) is 5.26. The fourth-order valence-electron chi connectivity index (χ4n) is 2.33. The van der Waals surface area contributed by atoms with Gasteiger partial charge in [0.05, 0.1) is 27.6 Å². The number of thioether (sulfide) groups is 1. The van der Waals surface area contributed by atoms with Crippen LogP contribution in [0.2, 0.25) is 5.02 Å². The van der Waals surface area contributed by atoms with Gasteiger partial charge >= 0.3 is 0 Å². The van der Waals surface area contributed by atoms with E-state index in [4.69, 9.17) is 28.6 Å². The van der Waals surface area contributed by atoms with Crippen LogP contribution in [-0.4, -0.2) is 22.3 Å². The van der Waals surface area contributed by atoms with Gasteiger partial charge in [0.1, 0.15) is 5.75 Å². The molecule has 0 bridgehead atoms. The molecule has 0 unspecified atom stereocenters. The maximum absolute atomic E-state index is 12.7. The van der Waals surface area contributed by atoms with Crippen molar-refractivity contribution in [1.82, 2.24) is 0 Å². The summed E-state index contributed by atoms with van der Waals surface area (Å²) in [4.78, 5) is 24.8. The molecule has 0 atom stereocenters. The lowest BCUT2D eigenvalue weighted by molar-refractivity contribution is -0.384. The van der Waals surface area contributed by atoms with E-state index < -0.39 is 4.92 Å². The van der Waals surface area contributed by atoms with Gasteiger partial charge in [0, 0.05) is 12.1 Å². The number of anilines is 1. The van der Waals surface area contributed by atoms with Gasteiger partial charge in [-0.1, -0.05) is 35.6 Å². The molecule has 3 rings (SSSR count). The number of nitro groups is 1. The molecule has 9 heteroatoms. The quantitative estimate of drug-likeness (QED) is 0.318. The molecule has 0 spiro atoms. The number of nitro benzene ring substituents is 1. The first-order valence-corrected chi connectivity index (χ1v) is 8.87. The Morgan fingerprint density at radius 1 is 1.27 bits per heavy atom. The molecule has 26 heavy (non-hydrogen) atoms. The Balaban J connectivity index is 1.88. The van der Waals surface area contributed by atoms with Crippen molar-refractivity contribution in [1.29, 1.82) is 0 Å². The lowest BCUT2D eigenvalue weighted by Crippen LogP contribution is -2.27. The number of carbonyl (C=O) groups excluding carboxylic acids is 1. The maximum atomic E-state index is 12.7. The molecule has 1 saturated heterocycles. The van der Waals surface area contributed by atoms with Crippen molar-refractivity contribution in [2.24, 2.45) is 0 Å². The molecule has 2 aromatic rings. The SMILES string of the molecule is COc1ccc(N2C(=O)/C(=C\c3ccc([N+](=O)[O-])cc3)SC2=S)cc1Cl. The molecule has 0 aromatic heterocycles. The van der Waals surface area contributed by atoms with Crippen LogP contribution in [0.5, 0.6) is 5.75 Å². The largest absolute Gasteiger partial charge is 0.495 e. The monoisotopic (exact) mass is 406 g/mol. The van der Waals surface area contributed by atoms with Gasteiger partial charge in [0.2, 0.25) is 0 Å². The highest BCUT2D eigenvalue weighted by molar-refractivity contribution is 8.27. The van der Waals surface area contributed by atoms with Gasteiger partial charge in [-0.15, -0.1) is 0 Å². The lowest BCUT2D eigenvalue weighted by Gasteiger charge is -2.15. The third-order valence-electron chi connectivity index (χ3n) is 3.59. The van der Waals surface area contributed by atoms with E-state index in [1.54, 1.807) is 36.4 Å². The zero-order valence-electron chi connectivity index (χ0n) is 13.3. The summed E-state index contributed by atoms with van der Waals surface area (Å²) < 4.78 is 5.49. The first kappa shape index (κ1) is 18.4. The van der Waals surface area contributed by atoms with Crippen LogP contribution in [0.4, 0.5) is 11.4 Å². The van der Waals surface area contributed by atoms with Crippen molar-refractivity contribution in [2.45, 2.75) is 0 Å². The van der Waals surface area contributed by atoms with Crippen LogP contribution in [0, 0.1) is 10.1 Å². The van der Waals surface area contributed by atoms with E-state index in [2.05, 4.69) is 0 Å². The highest BCUT2D eigenvalue weighted by atomic mass is 35.5. The number of halogens is 1. The predicted octanol–water partition coefficient (Wildman–Crippen LogP) is 4.66. The van der Waals surface area contributed by atoms with Crippen LogP contribution in [0.15, 0.2) is 47.4 Å². The lowest BCUT2D eigenvalue weighted by atomic mass is 10.2. The molecular weight excluding hydrogens is 396 g/mol.